The SMILES string of the molecule is CCOc1cccc(N(C(=O)CCC(=O)Nc2cc(C)on2)C(C(=O)NC(C)(C)CC)c2ccc(OC)cc2)c1. The number of ether oxygens (including phenoxy) is 2. The molecule has 10 nitrogen and oxygen atoms in total. The zero-order chi connectivity index (χ0) is 29.3. The number of hydrogen-bond acceptors (Lipinski definition) is 7. The minimum absolute atomic E-state index is 0.121. The van der Waals surface area contributed by atoms with Crippen LogP contribution in [0.1, 0.15) is 64.3 Å². The molecule has 0 saturated carbocycles. The molecule has 1 unspecified atom stereocenters. The topological polar surface area (TPSA) is 123 Å². The molecule has 2 N–H and O–H groups in total. The summed E-state index contributed by atoms with van der Waals surface area (Å²) in [5.41, 5.74) is 0.538. The number of rotatable bonds is 13. The molecule has 214 valence electrons. The number of nitrogens with zero attached hydrogens (tertiary/aromatic N) is 2. The lowest BCUT2D eigenvalue weighted by atomic mass is 9.97. The molecule has 0 aliphatic carbocycles. The maximum Gasteiger partial charge on any atom is 0.248 e. The first kappa shape index (κ1) is 30.2. The van der Waals surface area contributed by atoms with E-state index >= 15 is 0 Å². The quantitative estimate of drug-likeness (QED) is 0.300. The lowest BCUT2D eigenvalue weighted by Crippen LogP contribution is -2.50. The minimum atomic E-state index is -1.03. The number of anilines is 2. The van der Waals surface area contributed by atoms with Crippen LogP contribution in [0.25, 0.3) is 0 Å². The van der Waals surface area contributed by atoms with E-state index in [2.05, 4.69) is 15.8 Å². The van der Waals surface area contributed by atoms with Gasteiger partial charge >= 0.3 is 0 Å². The third-order valence-corrected chi connectivity index (χ3v) is 6.42. The summed E-state index contributed by atoms with van der Waals surface area (Å²) >= 11 is 0. The highest BCUT2D eigenvalue weighted by molar-refractivity contribution is 6.03. The summed E-state index contributed by atoms with van der Waals surface area (Å²) in [6.45, 7) is 9.84. The van der Waals surface area contributed by atoms with Gasteiger partial charge in [0.1, 0.15) is 23.3 Å². The van der Waals surface area contributed by atoms with Crippen molar-refractivity contribution in [3.05, 3.63) is 65.9 Å². The predicted octanol–water partition coefficient (Wildman–Crippen LogP) is 5.19. The molecule has 0 aliphatic heterocycles. The Bertz CT molecular complexity index is 1300. The van der Waals surface area contributed by atoms with Crippen LogP contribution in [0.5, 0.6) is 11.5 Å². The van der Waals surface area contributed by atoms with Gasteiger partial charge in [0.2, 0.25) is 17.7 Å². The van der Waals surface area contributed by atoms with E-state index in [1.807, 2.05) is 27.7 Å². The number of carbonyl (C=O) groups is 3. The second kappa shape index (κ2) is 13.6. The fourth-order valence-electron chi connectivity index (χ4n) is 3.99. The van der Waals surface area contributed by atoms with Gasteiger partial charge in [-0.25, -0.2) is 0 Å². The van der Waals surface area contributed by atoms with Gasteiger partial charge in [0.25, 0.3) is 0 Å². The summed E-state index contributed by atoms with van der Waals surface area (Å²) < 4.78 is 16.0. The van der Waals surface area contributed by atoms with Gasteiger partial charge in [0.05, 0.1) is 13.7 Å². The first-order valence-corrected chi connectivity index (χ1v) is 13.3. The fraction of sp³-hybridized carbons (Fsp3) is 0.400. The van der Waals surface area contributed by atoms with Crippen molar-refractivity contribution in [2.45, 2.75) is 65.5 Å². The van der Waals surface area contributed by atoms with Crippen molar-refractivity contribution in [1.29, 1.82) is 0 Å². The number of carbonyl (C=O) groups excluding carboxylic acids is 3. The molecule has 3 amide bonds. The molecule has 3 aromatic rings. The standard InChI is InChI=1S/C30H38N4O6/c1-7-30(4,5)32-29(37)28(21-12-14-23(38-6)15-13-21)34(22-10-9-11-24(19-22)39-8-2)27(36)17-16-26(35)31-25-18-20(3)40-33-25/h9-15,18-19,28H,7-8,16-17H2,1-6H3,(H,32,37)(H,31,33,35). The van der Waals surface area contributed by atoms with Crippen molar-refractivity contribution < 1.29 is 28.4 Å². The summed E-state index contributed by atoms with van der Waals surface area (Å²) in [6.07, 6.45) is 0.409. The molecule has 1 heterocycles. The zero-order valence-electron chi connectivity index (χ0n) is 23.9. The molecular formula is C30H38N4O6. The van der Waals surface area contributed by atoms with Gasteiger partial charge in [-0.3, -0.25) is 19.3 Å². The summed E-state index contributed by atoms with van der Waals surface area (Å²) in [6, 6.07) is 14.6. The van der Waals surface area contributed by atoms with E-state index < -0.39 is 23.4 Å². The number of methoxy groups -OCH3 is 1. The lowest BCUT2D eigenvalue weighted by Gasteiger charge is -2.35. The van der Waals surface area contributed by atoms with Crippen LogP contribution in [-0.4, -0.2) is 42.1 Å². The smallest absolute Gasteiger partial charge is 0.248 e. The van der Waals surface area contributed by atoms with Crippen molar-refractivity contribution in [2.75, 3.05) is 23.9 Å². The van der Waals surface area contributed by atoms with E-state index in [-0.39, 0.29) is 24.6 Å². The van der Waals surface area contributed by atoms with E-state index in [9.17, 15) is 14.4 Å². The number of hydrogen-bond donors (Lipinski definition) is 2. The molecule has 10 heteroatoms. The Labute approximate surface area is 235 Å². The van der Waals surface area contributed by atoms with Gasteiger partial charge in [0, 0.05) is 36.2 Å². The van der Waals surface area contributed by atoms with Crippen molar-refractivity contribution in [2.24, 2.45) is 0 Å². The molecule has 40 heavy (non-hydrogen) atoms. The van der Waals surface area contributed by atoms with Crippen LogP contribution in [-0.2, 0) is 14.4 Å². The zero-order valence-corrected chi connectivity index (χ0v) is 23.9. The van der Waals surface area contributed by atoms with Crippen LogP contribution in [0.3, 0.4) is 0 Å². The molecule has 3 rings (SSSR count). The normalized spacial score (nSPS) is 11.8. The van der Waals surface area contributed by atoms with E-state index in [0.717, 1.165) is 0 Å². The highest BCUT2D eigenvalue weighted by atomic mass is 16.5. The Morgan fingerprint density at radius 1 is 1.02 bits per heavy atom. The number of aromatic nitrogens is 1. The summed E-state index contributed by atoms with van der Waals surface area (Å²) in [7, 11) is 1.56. The molecule has 0 radical (unpaired) electrons. The van der Waals surface area contributed by atoms with Crippen LogP contribution in [0.15, 0.2) is 59.1 Å². The van der Waals surface area contributed by atoms with Gasteiger partial charge in [-0.2, -0.15) is 0 Å². The van der Waals surface area contributed by atoms with E-state index in [4.69, 9.17) is 14.0 Å². The average molecular weight is 551 g/mol. The van der Waals surface area contributed by atoms with E-state index in [1.165, 1.54) is 4.90 Å². The van der Waals surface area contributed by atoms with Crippen molar-refractivity contribution in [1.82, 2.24) is 10.5 Å². The average Bonchev–Trinajstić information content (AvgIpc) is 3.34. The largest absolute Gasteiger partial charge is 0.497 e. The van der Waals surface area contributed by atoms with E-state index in [0.29, 0.717) is 41.5 Å². The van der Waals surface area contributed by atoms with Gasteiger partial charge in [-0.15, -0.1) is 0 Å². The number of benzene rings is 2. The second-order valence-corrected chi connectivity index (χ2v) is 9.97. The first-order valence-electron chi connectivity index (χ1n) is 13.3. The Hall–Kier alpha value is -4.34. The Morgan fingerprint density at radius 3 is 2.35 bits per heavy atom. The Morgan fingerprint density at radius 2 is 1.75 bits per heavy atom. The summed E-state index contributed by atoms with van der Waals surface area (Å²) in [4.78, 5) is 41.9. The van der Waals surface area contributed by atoms with Crippen LogP contribution in [0, 0.1) is 6.92 Å². The van der Waals surface area contributed by atoms with Crippen LogP contribution in [0.4, 0.5) is 11.5 Å². The second-order valence-electron chi connectivity index (χ2n) is 9.97. The molecule has 0 saturated heterocycles. The lowest BCUT2D eigenvalue weighted by molar-refractivity contribution is -0.128. The maximum absolute atomic E-state index is 13.9. The summed E-state index contributed by atoms with van der Waals surface area (Å²) in [5, 5.41) is 9.48. The van der Waals surface area contributed by atoms with Gasteiger partial charge in [-0.1, -0.05) is 30.3 Å². The summed E-state index contributed by atoms with van der Waals surface area (Å²) in [5.74, 6) is 0.832. The monoisotopic (exact) mass is 550 g/mol. The van der Waals surface area contributed by atoms with Gasteiger partial charge in [0.15, 0.2) is 5.82 Å². The number of amides is 3. The Kier molecular flexibility index (Phi) is 10.3. The van der Waals surface area contributed by atoms with Crippen molar-refractivity contribution >= 4 is 29.2 Å². The van der Waals surface area contributed by atoms with Crippen LogP contribution in [0.2, 0.25) is 0 Å². The number of aryl methyl sites for hydroxylation is 1. The van der Waals surface area contributed by atoms with Gasteiger partial charge in [-0.05, 0) is 63.9 Å². The molecular weight excluding hydrogens is 512 g/mol. The highest BCUT2D eigenvalue weighted by Crippen LogP contribution is 2.33. The van der Waals surface area contributed by atoms with E-state index in [1.54, 1.807) is 68.6 Å². The molecule has 2 aromatic carbocycles. The van der Waals surface area contributed by atoms with Crippen molar-refractivity contribution in [3.8, 4) is 11.5 Å². The molecule has 1 atom stereocenters. The molecule has 0 aliphatic rings. The molecule has 0 bridgehead atoms. The third-order valence-electron chi connectivity index (χ3n) is 6.42. The number of nitrogens with one attached hydrogen (secondary N) is 2. The van der Waals surface area contributed by atoms with Crippen LogP contribution >= 0.6 is 0 Å². The first-order chi connectivity index (χ1) is 19.1. The highest BCUT2D eigenvalue weighted by Gasteiger charge is 2.35. The maximum atomic E-state index is 13.9. The molecule has 1 aromatic heterocycles. The minimum Gasteiger partial charge on any atom is -0.497 e. The third kappa shape index (κ3) is 8.08. The fourth-order valence-corrected chi connectivity index (χ4v) is 3.99. The predicted molar refractivity (Wildman–Crippen MR) is 152 cm³/mol. The Balaban J connectivity index is 2.01. The van der Waals surface area contributed by atoms with Crippen LogP contribution < -0.4 is 25.0 Å². The molecule has 0 spiro atoms. The van der Waals surface area contributed by atoms with Crippen molar-refractivity contribution in [3.63, 3.8) is 0 Å². The van der Waals surface area contributed by atoms with Gasteiger partial charge < -0.3 is 24.6 Å². The molecule has 0 fully saturated rings.